The molecule has 0 saturated carbocycles. The van der Waals surface area contributed by atoms with Crippen molar-refractivity contribution in [3.63, 3.8) is 0 Å². The molecule has 29 heavy (non-hydrogen) atoms. The first kappa shape index (κ1) is 20.3. The van der Waals surface area contributed by atoms with Gasteiger partial charge in [0.05, 0.1) is 13.7 Å². The van der Waals surface area contributed by atoms with Crippen molar-refractivity contribution >= 4 is 5.91 Å². The van der Waals surface area contributed by atoms with E-state index in [1.54, 1.807) is 19.2 Å². The number of halogens is 1. The van der Waals surface area contributed by atoms with E-state index >= 15 is 0 Å². The standard InChI is InChI=1S/C21H22FN3O4/c1-27-17-5-2-3-6-18(17)28-14-13-23-19(26)7-4-8-20-24-21(25-29-20)15-9-11-16(22)12-10-15/h2-3,5-6,9-12H,4,7-8,13-14H2,1H3,(H,23,26). The predicted molar refractivity (Wildman–Crippen MR) is 104 cm³/mol. The third-order valence-electron chi connectivity index (χ3n) is 4.12. The molecule has 3 rings (SSSR count). The molecule has 0 spiro atoms. The maximum absolute atomic E-state index is 13.0. The van der Waals surface area contributed by atoms with E-state index in [0.29, 0.717) is 61.2 Å². The second kappa shape index (κ2) is 10.2. The van der Waals surface area contributed by atoms with Crippen LogP contribution in [0.3, 0.4) is 0 Å². The van der Waals surface area contributed by atoms with Crippen LogP contribution in [0.4, 0.5) is 4.39 Å². The summed E-state index contributed by atoms with van der Waals surface area (Å²) in [6.07, 6.45) is 1.40. The van der Waals surface area contributed by atoms with E-state index < -0.39 is 0 Å². The van der Waals surface area contributed by atoms with Crippen LogP contribution in [0.5, 0.6) is 11.5 Å². The van der Waals surface area contributed by atoms with Gasteiger partial charge in [-0.3, -0.25) is 4.79 Å². The Labute approximate surface area is 167 Å². The first-order chi connectivity index (χ1) is 14.2. The molecule has 152 valence electrons. The summed E-state index contributed by atoms with van der Waals surface area (Å²) in [5.74, 6) is 1.73. The number of nitrogens with zero attached hydrogens (tertiary/aromatic N) is 2. The fraction of sp³-hybridized carbons (Fsp3) is 0.286. The zero-order valence-electron chi connectivity index (χ0n) is 16.1. The summed E-state index contributed by atoms with van der Waals surface area (Å²) in [7, 11) is 1.58. The number of ether oxygens (including phenoxy) is 2. The van der Waals surface area contributed by atoms with Gasteiger partial charge in [-0.15, -0.1) is 0 Å². The van der Waals surface area contributed by atoms with Crippen molar-refractivity contribution in [2.45, 2.75) is 19.3 Å². The van der Waals surface area contributed by atoms with Crippen LogP contribution >= 0.6 is 0 Å². The second-order valence-corrected chi connectivity index (χ2v) is 6.22. The molecule has 0 aliphatic heterocycles. The molecule has 0 aliphatic carbocycles. The highest BCUT2D eigenvalue weighted by molar-refractivity contribution is 5.75. The summed E-state index contributed by atoms with van der Waals surface area (Å²) in [6.45, 7) is 0.739. The quantitative estimate of drug-likeness (QED) is 0.526. The Kier molecular flexibility index (Phi) is 7.16. The first-order valence-electron chi connectivity index (χ1n) is 9.27. The van der Waals surface area contributed by atoms with Crippen LogP contribution in [-0.2, 0) is 11.2 Å². The number of nitrogens with one attached hydrogen (secondary N) is 1. The van der Waals surface area contributed by atoms with Crippen molar-refractivity contribution in [3.05, 3.63) is 60.2 Å². The number of hydrogen-bond donors (Lipinski definition) is 1. The van der Waals surface area contributed by atoms with Gasteiger partial charge in [0.25, 0.3) is 0 Å². The molecule has 7 nitrogen and oxygen atoms in total. The average Bonchev–Trinajstić information content (AvgIpc) is 3.21. The van der Waals surface area contributed by atoms with Crippen LogP contribution in [0.2, 0.25) is 0 Å². The van der Waals surface area contributed by atoms with Crippen molar-refractivity contribution in [1.29, 1.82) is 0 Å². The summed E-state index contributed by atoms with van der Waals surface area (Å²) in [5, 5.41) is 6.69. The number of aryl methyl sites for hydroxylation is 1. The molecule has 1 aromatic heterocycles. The SMILES string of the molecule is COc1ccccc1OCCNC(=O)CCCc1nc(-c2ccc(F)cc2)no1. The van der Waals surface area contributed by atoms with Gasteiger partial charge in [-0.1, -0.05) is 17.3 Å². The summed E-state index contributed by atoms with van der Waals surface area (Å²) >= 11 is 0. The summed E-state index contributed by atoms with van der Waals surface area (Å²) in [4.78, 5) is 16.2. The molecule has 0 bridgehead atoms. The molecule has 3 aromatic rings. The van der Waals surface area contributed by atoms with Gasteiger partial charge in [0.15, 0.2) is 11.5 Å². The molecular formula is C21H22FN3O4. The molecule has 0 fully saturated rings. The van der Waals surface area contributed by atoms with E-state index in [-0.39, 0.29) is 11.7 Å². The largest absolute Gasteiger partial charge is 0.493 e. The van der Waals surface area contributed by atoms with Gasteiger partial charge in [-0.2, -0.15) is 4.98 Å². The van der Waals surface area contributed by atoms with E-state index in [9.17, 15) is 9.18 Å². The van der Waals surface area contributed by atoms with E-state index in [1.165, 1.54) is 12.1 Å². The predicted octanol–water partition coefficient (Wildman–Crippen LogP) is 3.40. The van der Waals surface area contributed by atoms with Crippen molar-refractivity contribution in [3.8, 4) is 22.9 Å². The zero-order valence-corrected chi connectivity index (χ0v) is 16.1. The van der Waals surface area contributed by atoms with Gasteiger partial charge in [0, 0.05) is 18.4 Å². The topological polar surface area (TPSA) is 86.5 Å². The second-order valence-electron chi connectivity index (χ2n) is 6.22. The third kappa shape index (κ3) is 6.03. The molecule has 0 aliphatic rings. The fourth-order valence-electron chi connectivity index (χ4n) is 2.65. The number of carbonyl (C=O) groups excluding carboxylic acids is 1. The lowest BCUT2D eigenvalue weighted by Gasteiger charge is -2.10. The van der Waals surface area contributed by atoms with Gasteiger partial charge >= 0.3 is 0 Å². The minimum atomic E-state index is -0.322. The van der Waals surface area contributed by atoms with Gasteiger partial charge in [0.1, 0.15) is 12.4 Å². The van der Waals surface area contributed by atoms with Crippen LogP contribution in [0.25, 0.3) is 11.4 Å². The normalized spacial score (nSPS) is 10.6. The maximum atomic E-state index is 13.0. The molecule has 0 saturated heterocycles. The van der Waals surface area contributed by atoms with Crippen LogP contribution < -0.4 is 14.8 Å². The maximum Gasteiger partial charge on any atom is 0.226 e. The molecule has 0 unspecified atom stereocenters. The van der Waals surface area contributed by atoms with Crippen LogP contribution in [0, 0.1) is 5.82 Å². The number of para-hydroxylation sites is 2. The minimum absolute atomic E-state index is 0.0769. The number of rotatable bonds is 10. The highest BCUT2D eigenvalue weighted by Gasteiger charge is 2.10. The number of hydrogen-bond acceptors (Lipinski definition) is 6. The fourth-order valence-corrected chi connectivity index (χ4v) is 2.65. The third-order valence-corrected chi connectivity index (χ3v) is 4.12. The van der Waals surface area contributed by atoms with Crippen molar-refractivity contribution in [2.75, 3.05) is 20.3 Å². The smallest absolute Gasteiger partial charge is 0.226 e. The molecule has 1 N–H and O–H groups in total. The molecule has 0 radical (unpaired) electrons. The van der Waals surface area contributed by atoms with Crippen molar-refractivity contribution in [2.24, 2.45) is 0 Å². The lowest BCUT2D eigenvalue weighted by molar-refractivity contribution is -0.121. The molecule has 1 amide bonds. The highest BCUT2D eigenvalue weighted by Crippen LogP contribution is 2.25. The van der Waals surface area contributed by atoms with Gasteiger partial charge < -0.3 is 19.3 Å². The van der Waals surface area contributed by atoms with Crippen LogP contribution in [-0.4, -0.2) is 36.3 Å². The Morgan fingerprint density at radius 3 is 2.66 bits per heavy atom. The van der Waals surface area contributed by atoms with Crippen molar-refractivity contribution < 1.29 is 23.2 Å². The lowest BCUT2D eigenvalue weighted by Crippen LogP contribution is -2.27. The molecule has 1 heterocycles. The van der Waals surface area contributed by atoms with E-state index in [4.69, 9.17) is 14.0 Å². The first-order valence-corrected chi connectivity index (χ1v) is 9.27. The monoisotopic (exact) mass is 399 g/mol. The highest BCUT2D eigenvalue weighted by atomic mass is 19.1. The van der Waals surface area contributed by atoms with Crippen LogP contribution in [0.15, 0.2) is 53.1 Å². The summed E-state index contributed by atoms with van der Waals surface area (Å²) in [6, 6.07) is 13.2. The average molecular weight is 399 g/mol. The number of benzene rings is 2. The molecule has 0 atom stereocenters. The Bertz CT molecular complexity index is 928. The van der Waals surface area contributed by atoms with Gasteiger partial charge in [-0.25, -0.2) is 4.39 Å². The van der Waals surface area contributed by atoms with E-state index in [1.807, 2.05) is 24.3 Å². The number of carbonyl (C=O) groups is 1. The summed E-state index contributed by atoms with van der Waals surface area (Å²) in [5.41, 5.74) is 0.675. The van der Waals surface area contributed by atoms with Gasteiger partial charge in [0.2, 0.25) is 17.6 Å². The Morgan fingerprint density at radius 1 is 1.14 bits per heavy atom. The number of methoxy groups -OCH3 is 1. The molecule has 2 aromatic carbocycles. The zero-order chi connectivity index (χ0) is 20.5. The molecule has 8 heteroatoms. The Balaban J connectivity index is 1.34. The Hall–Kier alpha value is -3.42. The van der Waals surface area contributed by atoms with Crippen molar-refractivity contribution in [1.82, 2.24) is 15.5 Å². The number of amides is 1. The Morgan fingerprint density at radius 2 is 1.90 bits per heavy atom. The lowest BCUT2D eigenvalue weighted by atomic mass is 10.2. The summed E-state index contributed by atoms with van der Waals surface area (Å²) < 4.78 is 29.0. The number of aromatic nitrogens is 2. The minimum Gasteiger partial charge on any atom is -0.493 e. The van der Waals surface area contributed by atoms with E-state index in [0.717, 1.165) is 0 Å². The van der Waals surface area contributed by atoms with E-state index in [2.05, 4.69) is 15.5 Å². The molecular weight excluding hydrogens is 377 g/mol. The van der Waals surface area contributed by atoms with Gasteiger partial charge in [-0.05, 0) is 42.8 Å². The van der Waals surface area contributed by atoms with Crippen LogP contribution in [0.1, 0.15) is 18.7 Å².